The van der Waals surface area contributed by atoms with Crippen molar-refractivity contribution in [1.82, 2.24) is 4.72 Å². The van der Waals surface area contributed by atoms with Gasteiger partial charge in [-0.1, -0.05) is 72.4 Å². The molecule has 0 spiro atoms. The molecule has 0 aliphatic rings. The molecule has 1 atom stereocenters. The molecule has 0 heterocycles. The molecule has 1 N–H and O–H groups in total. The van der Waals surface area contributed by atoms with E-state index in [1.165, 1.54) is 5.19 Å². The van der Waals surface area contributed by atoms with Crippen LogP contribution in [0, 0.1) is 6.92 Å². The Hall–Kier alpha value is -1.69. The van der Waals surface area contributed by atoms with Gasteiger partial charge in [0, 0.05) is 6.54 Å². The van der Waals surface area contributed by atoms with Crippen LogP contribution in [0.25, 0.3) is 0 Å². The van der Waals surface area contributed by atoms with E-state index in [0.717, 1.165) is 12.0 Å². The molecule has 0 aromatic heterocycles. The molecule has 2 aromatic rings. The zero-order valence-electron chi connectivity index (χ0n) is 15.2. The summed E-state index contributed by atoms with van der Waals surface area (Å²) in [5.74, 6) is 0. The van der Waals surface area contributed by atoms with Crippen molar-refractivity contribution in [3.8, 4) is 0 Å². The van der Waals surface area contributed by atoms with Gasteiger partial charge in [-0.3, -0.25) is 0 Å². The highest BCUT2D eigenvalue weighted by molar-refractivity contribution is 7.89. The lowest BCUT2D eigenvalue weighted by atomic mass is 10.2. The fraction of sp³-hybridized carbons (Fsp3) is 0.300. The van der Waals surface area contributed by atoms with Gasteiger partial charge in [0.15, 0.2) is 0 Å². The minimum atomic E-state index is -3.46. The molecule has 3 nitrogen and oxygen atoms in total. The lowest BCUT2D eigenvalue weighted by Gasteiger charge is -2.31. The molecule has 0 fully saturated rings. The van der Waals surface area contributed by atoms with Gasteiger partial charge in [0.25, 0.3) is 0 Å². The second-order valence-electron chi connectivity index (χ2n) is 6.93. The number of benzene rings is 2. The summed E-state index contributed by atoms with van der Waals surface area (Å²) < 4.78 is 27.5. The molecule has 25 heavy (non-hydrogen) atoms. The van der Waals surface area contributed by atoms with Gasteiger partial charge in [-0.05, 0) is 31.0 Å². The van der Waals surface area contributed by atoms with Crippen molar-refractivity contribution in [1.29, 1.82) is 0 Å². The first-order chi connectivity index (χ1) is 11.8. The number of aryl methyl sites for hydroxylation is 1. The smallest absolute Gasteiger partial charge is 0.211 e. The molecule has 134 valence electrons. The van der Waals surface area contributed by atoms with Crippen LogP contribution in [0.2, 0.25) is 18.6 Å². The summed E-state index contributed by atoms with van der Waals surface area (Å²) >= 11 is 0. The summed E-state index contributed by atoms with van der Waals surface area (Å²) in [6, 6.07) is 17.4. The zero-order valence-corrected chi connectivity index (χ0v) is 17.0. The van der Waals surface area contributed by atoms with Gasteiger partial charge >= 0.3 is 0 Å². The maximum atomic E-state index is 12.4. The Morgan fingerprint density at radius 2 is 1.68 bits per heavy atom. The van der Waals surface area contributed by atoms with Gasteiger partial charge < -0.3 is 0 Å². The molecular weight excluding hydrogens is 346 g/mol. The van der Waals surface area contributed by atoms with Gasteiger partial charge in [0.05, 0.1) is 13.0 Å². The zero-order chi connectivity index (χ0) is 18.5. The highest BCUT2D eigenvalue weighted by atomic mass is 32.2. The maximum absolute atomic E-state index is 12.4. The number of allylic oxidation sites excluding steroid dienone is 1. The first kappa shape index (κ1) is 19.6. The van der Waals surface area contributed by atoms with Crippen LogP contribution in [0.3, 0.4) is 0 Å². The lowest BCUT2D eigenvalue weighted by molar-refractivity contribution is 0.579. The Morgan fingerprint density at radius 1 is 1.08 bits per heavy atom. The summed E-state index contributed by atoms with van der Waals surface area (Å²) in [5.41, 5.74) is 1.34. The highest BCUT2D eigenvalue weighted by Gasteiger charge is 2.31. The SMILES string of the molecule is C=C[C@@H](CCNS(=O)(=O)c1ccc(C)cc1)[Si](C)(C)c1ccccc1. The first-order valence-corrected chi connectivity index (χ1v) is 13.1. The average Bonchev–Trinajstić information content (AvgIpc) is 2.59. The van der Waals surface area contributed by atoms with E-state index in [9.17, 15) is 8.42 Å². The summed E-state index contributed by atoms with van der Waals surface area (Å²) in [5, 5.41) is 1.36. The van der Waals surface area contributed by atoms with Gasteiger partial charge in [0.2, 0.25) is 10.0 Å². The molecule has 0 unspecified atom stereocenters. The van der Waals surface area contributed by atoms with Crippen LogP contribution < -0.4 is 9.91 Å². The van der Waals surface area contributed by atoms with E-state index in [1.54, 1.807) is 12.1 Å². The highest BCUT2D eigenvalue weighted by Crippen LogP contribution is 2.26. The third-order valence-electron chi connectivity index (χ3n) is 4.81. The van der Waals surface area contributed by atoms with Crippen molar-refractivity contribution in [2.45, 2.75) is 36.9 Å². The van der Waals surface area contributed by atoms with Crippen LogP contribution in [0.15, 0.2) is 72.1 Å². The molecule has 5 heteroatoms. The van der Waals surface area contributed by atoms with Crippen molar-refractivity contribution in [3.05, 3.63) is 72.8 Å². The number of sulfonamides is 1. The molecule has 0 saturated carbocycles. The molecular formula is C20H27NO2SSi. The van der Waals surface area contributed by atoms with Crippen molar-refractivity contribution < 1.29 is 8.42 Å². The molecule has 0 bridgehead atoms. The van der Waals surface area contributed by atoms with E-state index < -0.39 is 18.1 Å². The molecule has 0 radical (unpaired) electrons. The largest absolute Gasteiger partial charge is 0.240 e. The molecule has 0 amide bonds. The number of hydrogen-bond donors (Lipinski definition) is 1. The van der Waals surface area contributed by atoms with E-state index in [-0.39, 0.29) is 0 Å². The quantitative estimate of drug-likeness (QED) is 0.564. The standard InChI is InChI=1S/C20H27NO2SSi/c1-5-19(25(3,4)20-9-7-6-8-10-20)15-16-21-24(22,23)18-13-11-17(2)12-14-18/h5-14,19,21H,1,15-16H2,2-4H3/t19-/m0/s1. The second kappa shape index (κ2) is 8.12. The number of nitrogens with one attached hydrogen (secondary N) is 1. The van der Waals surface area contributed by atoms with Crippen LogP contribution in [0.1, 0.15) is 12.0 Å². The maximum Gasteiger partial charge on any atom is 0.240 e. The van der Waals surface area contributed by atoms with Crippen molar-refractivity contribution in [3.63, 3.8) is 0 Å². The fourth-order valence-electron chi connectivity index (χ4n) is 3.00. The fourth-order valence-corrected chi connectivity index (χ4v) is 6.99. The lowest BCUT2D eigenvalue weighted by Crippen LogP contribution is -2.46. The van der Waals surface area contributed by atoms with Crippen LogP contribution in [-0.2, 0) is 10.0 Å². The van der Waals surface area contributed by atoms with Gasteiger partial charge in [-0.15, -0.1) is 6.58 Å². The van der Waals surface area contributed by atoms with Crippen LogP contribution >= 0.6 is 0 Å². The third-order valence-corrected chi connectivity index (χ3v) is 10.5. The second-order valence-corrected chi connectivity index (χ2v) is 13.5. The van der Waals surface area contributed by atoms with Crippen LogP contribution in [0.5, 0.6) is 0 Å². The van der Waals surface area contributed by atoms with E-state index in [4.69, 9.17) is 0 Å². The summed E-state index contributed by atoms with van der Waals surface area (Å²) in [7, 11) is -5.20. The predicted molar refractivity (Wildman–Crippen MR) is 108 cm³/mol. The van der Waals surface area contributed by atoms with E-state index in [1.807, 2.05) is 31.2 Å². The molecule has 0 saturated heterocycles. The summed E-state index contributed by atoms with van der Waals surface area (Å²) in [6.07, 6.45) is 2.74. The van der Waals surface area contributed by atoms with Crippen LogP contribution in [-0.4, -0.2) is 23.0 Å². The Bertz CT molecular complexity index is 799. The van der Waals surface area contributed by atoms with Gasteiger partial charge in [-0.2, -0.15) is 0 Å². The summed E-state index contributed by atoms with van der Waals surface area (Å²) in [4.78, 5) is 0.313. The Balaban J connectivity index is 2.03. The third kappa shape index (κ3) is 4.90. The first-order valence-electron chi connectivity index (χ1n) is 8.52. The van der Waals surface area contributed by atoms with Crippen molar-refractivity contribution >= 4 is 23.3 Å². The Morgan fingerprint density at radius 3 is 2.24 bits per heavy atom. The normalized spacial score (nSPS) is 13.4. The minimum Gasteiger partial charge on any atom is -0.211 e. The summed E-state index contributed by atoms with van der Waals surface area (Å²) in [6.45, 7) is 11.0. The van der Waals surface area contributed by atoms with Crippen LogP contribution in [0.4, 0.5) is 0 Å². The molecule has 0 aliphatic heterocycles. The topological polar surface area (TPSA) is 46.2 Å². The minimum absolute atomic E-state index is 0.301. The molecule has 0 aliphatic carbocycles. The van der Waals surface area contributed by atoms with E-state index >= 15 is 0 Å². The number of hydrogen-bond acceptors (Lipinski definition) is 2. The number of rotatable bonds is 8. The monoisotopic (exact) mass is 373 g/mol. The Labute approximate surface area is 152 Å². The van der Waals surface area contributed by atoms with E-state index in [0.29, 0.717) is 17.0 Å². The van der Waals surface area contributed by atoms with Gasteiger partial charge in [-0.25, -0.2) is 13.1 Å². The van der Waals surface area contributed by atoms with Gasteiger partial charge in [0.1, 0.15) is 0 Å². The predicted octanol–water partition coefficient (Wildman–Crippen LogP) is 3.84. The van der Waals surface area contributed by atoms with Crippen molar-refractivity contribution in [2.75, 3.05) is 6.54 Å². The molecule has 2 aromatic carbocycles. The molecule has 2 rings (SSSR count). The average molecular weight is 374 g/mol. The van der Waals surface area contributed by atoms with Crippen molar-refractivity contribution in [2.24, 2.45) is 0 Å². The Kier molecular flexibility index (Phi) is 6.38. The van der Waals surface area contributed by atoms with E-state index in [2.05, 4.69) is 48.7 Å².